The molecule has 0 fully saturated rings. The summed E-state index contributed by atoms with van der Waals surface area (Å²) >= 11 is 1.61. The highest BCUT2D eigenvalue weighted by molar-refractivity contribution is 7.10. The maximum atomic E-state index is 11.7. The normalized spacial score (nSPS) is 10.2. The molecule has 17 heavy (non-hydrogen) atoms. The van der Waals surface area contributed by atoms with Crippen LogP contribution in [0.3, 0.4) is 0 Å². The zero-order valence-electron chi connectivity index (χ0n) is 9.77. The Morgan fingerprint density at radius 1 is 1.24 bits per heavy atom. The maximum Gasteiger partial charge on any atom is 0.229 e. The van der Waals surface area contributed by atoms with E-state index in [1.165, 1.54) is 5.56 Å². The number of benzene rings is 1. The second-order valence-corrected chi connectivity index (χ2v) is 4.89. The van der Waals surface area contributed by atoms with Crippen molar-refractivity contribution in [1.29, 1.82) is 0 Å². The lowest BCUT2D eigenvalue weighted by atomic mass is 10.1. The lowest BCUT2D eigenvalue weighted by Gasteiger charge is -2.05. The summed E-state index contributed by atoms with van der Waals surface area (Å²) < 4.78 is 0. The Hall–Kier alpha value is -1.61. The molecule has 0 aliphatic heterocycles. The van der Waals surface area contributed by atoms with Gasteiger partial charge in [0, 0.05) is 10.6 Å². The topological polar surface area (TPSA) is 29.1 Å². The fraction of sp³-hybridized carbons (Fsp3) is 0.214. The summed E-state index contributed by atoms with van der Waals surface area (Å²) in [7, 11) is 0. The number of nitrogens with one attached hydrogen (secondary N) is 1. The molecule has 3 heteroatoms. The molecule has 2 rings (SSSR count). The third-order valence-corrected chi connectivity index (χ3v) is 3.44. The summed E-state index contributed by atoms with van der Waals surface area (Å²) in [6.45, 7) is 2.12. The summed E-state index contributed by atoms with van der Waals surface area (Å²) in [6.07, 6.45) is 1.47. The predicted octanol–water partition coefficient (Wildman–Crippen LogP) is 3.49. The highest BCUT2D eigenvalue weighted by atomic mass is 32.1. The van der Waals surface area contributed by atoms with E-state index in [0.717, 1.165) is 17.0 Å². The lowest BCUT2D eigenvalue weighted by molar-refractivity contribution is -0.115. The van der Waals surface area contributed by atoms with Gasteiger partial charge in [0.1, 0.15) is 0 Å². The van der Waals surface area contributed by atoms with Crippen molar-refractivity contribution in [1.82, 2.24) is 0 Å². The van der Waals surface area contributed by atoms with Gasteiger partial charge < -0.3 is 5.32 Å². The number of hydrogen-bond donors (Lipinski definition) is 1. The highest BCUT2D eigenvalue weighted by Crippen LogP contribution is 2.13. The van der Waals surface area contributed by atoms with Crippen LogP contribution in [-0.4, -0.2) is 5.91 Å². The van der Waals surface area contributed by atoms with Crippen LogP contribution in [0.25, 0.3) is 0 Å². The van der Waals surface area contributed by atoms with Crippen LogP contribution in [0.2, 0.25) is 0 Å². The van der Waals surface area contributed by atoms with E-state index in [9.17, 15) is 4.79 Å². The van der Waals surface area contributed by atoms with E-state index < -0.39 is 0 Å². The van der Waals surface area contributed by atoms with Crippen molar-refractivity contribution in [3.8, 4) is 0 Å². The van der Waals surface area contributed by atoms with Gasteiger partial charge >= 0.3 is 0 Å². The minimum Gasteiger partial charge on any atom is -0.326 e. The summed E-state index contributed by atoms with van der Waals surface area (Å²) in [5.74, 6) is 0.0386. The van der Waals surface area contributed by atoms with Gasteiger partial charge in [-0.15, -0.1) is 11.3 Å². The Bertz CT molecular complexity index is 473. The molecular weight excluding hydrogens is 230 g/mol. The largest absolute Gasteiger partial charge is 0.326 e. The molecule has 0 aliphatic rings. The molecule has 0 atom stereocenters. The number of carbonyl (C=O) groups excluding carboxylic acids is 1. The fourth-order valence-corrected chi connectivity index (χ4v) is 2.30. The molecular formula is C14H15NOS. The van der Waals surface area contributed by atoms with Crippen molar-refractivity contribution in [2.75, 3.05) is 5.32 Å². The number of anilines is 1. The van der Waals surface area contributed by atoms with E-state index >= 15 is 0 Å². The molecule has 1 amide bonds. The molecule has 0 saturated heterocycles. The van der Waals surface area contributed by atoms with Gasteiger partial charge in [-0.1, -0.05) is 25.1 Å². The number of amides is 1. The molecule has 0 unspecified atom stereocenters. The molecule has 0 spiro atoms. The summed E-state index contributed by atoms with van der Waals surface area (Å²) in [5.41, 5.74) is 2.14. The molecule has 1 aromatic carbocycles. The SMILES string of the molecule is CCc1ccc(NC(=O)Cc2cccs2)cc1. The molecule has 88 valence electrons. The van der Waals surface area contributed by atoms with Crippen LogP contribution >= 0.6 is 11.3 Å². The molecule has 1 heterocycles. The minimum atomic E-state index is 0.0386. The van der Waals surface area contributed by atoms with Crippen LogP contribution in [-0.2, 0) is 17.6 Å². The van der Waals surface area contributed by atoms with Crippen LogP contribution in [0.5, 0.6) is 0 Å². The molecule has 1 N–H and O–H groups in total. The molecule has 0 saturated carbocycles. The number of rotatable bonds is 4. The smallest absolute Gasteiger partial charge is 0.229 e. The average molecular weight is 245 g/mol. The Labute approximate surface area is 105 Å². The zero-order valence-corrected chi connectivity index (χ0v) is 10.6. The van der Waals surface area contributed by atoms with Gasteiger partial charge in [-0.05, 0) is 35.6 Å². The van der Waals surface area contributed by atoms with Gasteiger partial charge in [0.2, 0.25) is 5.91 Å². The third kappa shape index (κ3) is 3.43. The molecule has 0 aliphatic carbocycles. The van der Waals surface area contributed by atoms with E-state index in [4.69, 9.17) is 0 Å². The van der Waals surface area contributed by atoms with Crippen molar-refractivity contribution in [3.05, 3.63) is 52.2 Å². The average Bonchev–Trinajstić information content (AvgIpc) is 2.82. The summed E-state index contributed by atoms with van der Waals surface area (Å²) in [6, 6.07) is 11.9. The second kappa shape index (κ2) is 5.64. The minimum absolute atomic E-state index is 0.0386. The fourth-order valence-electron chi connectivity index (χ4n) is 1.60. The van der Waals surface area contributed by atoms with Gasteiger partial charge in [-0.3, -0.25) is 4.79 Å². The first-order valence-corrected chi connectivity index (χ1v) is 6.57. The van der Waals surface area contributed by atoms with Gasteiger partial charge in [-0.25, -0.2) is 0 Å². The van der Waals surface area contributed by atoms with Crippen molar-refractivity contribution in [2.45, 2.75) is 19.8 Å². The molecule has 0 bridgehead atoms. The van der Waals surface area contributed by atoms with E-state index in [-0.39, 0.29) is 5.91 Å². The standard InChI is InChI=1S/C14H15NOS/c1-2-11-5-7-12(8-6-11)15-14(16)10-13-4-3-9-17-13/h3-9H,2,10H2,1H3,(H,15,16). The first-order chi connectivity index (χ1) is 8.28. The first kappa shape index (κ1) is 11.9. The summed E-state index contributed by atoms with van der Waals surface area (Å²) in [5, 5.41) is 4.88. The lowest BCUT2D eigenvalue weighted by Crippen LogP contribution is -2.13. The van der Waals surface area contributed by atoms with Crippen LogP contribution in [0, 0.1) is 0 Å². The van der Waals surface area contributed by atoms with Crippen LogP contribution in [0.1, 0.15) is 17.4 Å². The zero-order chi connectivity index (χ0) is 12.1. The maximum absolute atomic E-state index is 11.7. The summed E-state index contributed by atoms with van der Waals surface area (Å²) in [4.78, 5) is 12.8. The Morgan fingerprint density at radius 3 is 2.59 bits per heavy atom. The van der Waals surface area contributed by atoms with E-state index in [1.807, 2.05) is 41.8 Å². The first-order valence-electron chi connectivity index (χ1n) is 5.69. The van der Waals surface area contributed by atoms with Gasteiger partial charge in [0.25, 0.3) is 0 Å². The van der Waals surface area contributed by atoms with E-state index in [2.05, 4.69) is 12.2 Å². The Morgan fingerprint density at radius 2 is 2.00 bits per heavy atom. The number of aryl methyl sites for hydroxylation is 1. The van der Waals surface area contributed by atoms with Crippen LogP contribution in [0.15, 0.2) is 41.8 Å². The van der Waals surface area contributed by atoms with Crippen molar-refractivity contribution < 1.29 is 4.79 Å². The van der Waals surface area contributed by atoms with E-state index in [1.54, 1.807) is 11.3 Å². The number of hydrogen-bond acceptors (Lipinski definition) is 2. The molecule has 2 aromatic rings. The number of carbonyl (C=O) groups is 1. The van der Waals surface area contributed by atoms with Gasteiger partial charge in [0.15, 0.2) is 0 Å². The monoisotopic (exact) mass is 245 g/mol. The third-order valence-electron chi connectivity index (χ3n) is 2.56. The molecule has 1 aromatic heterocycles. The Balaban J connectivity index is 1.93. The number of thiophene rings is 1. The van der Waals surface area contributed by atoms with Crippen molar-refractivity contribution >= 4 is 22.9 Å². The Kier molecular flexibility index (Phi) is 3.94. The van der Waals surface area contributed by atoms with Gasteiger partial charge in [0.05, 0.1) is 6.42 Å². The van der Waals surface area contributed by atoms with Gasteiger partial charge in [-0.2, -0.15) is 0 Å². The molecule has 0 radical (unpaired) electrons. The van der Waals surface area contributed by atoms with Crippen LogP contribution in [0.4, 0.5) is 5.69 Å². The molecule has 2 nitrogen and oxygen atoms in total. The highest BCUT2D eigenvalue weighted by Gasteiger charge is 2.04. The predicted molar refractivity (Wildman–Crippen MR) is 72.5 cm³/mol. The second-order valence-electron chi connectivity index (χ2n) is 3.85. The quantitative estimate of drug-likeness (QED) is 0.877. The van der Waals surface area contributed by atoms with Crippen molar-refractivity contribution in [3.63, 3.8) is 0 Å². The van der Waals surface area contributed by atoms with Crippen molar-refractivity contribution in [2.24, 2.45) is 0 Å². The van der Waals surface area contributed by atoms with Crippen LogP contribution < -0.4 is 5.32 Å². The van der Waals surface area contributed by atoms with E-state index in [0.29, 0.717) is 6.42 Å².